The Kier molecular flexibility index (Phi) is 4.49. The molecule has 2 aromatic carbocycles. The van der Waals surface area contributed by atoms with Gasteiger partial charge in [-0.15, -0.1) is 0 Å². The van der Waals surface area contributed by atoms with Gasteiger partial charge >= 0.3 is 0 Å². The number of fused-ring (bicyclic) bond motifs is 1. The molecule has 0 atom stereocenters. The van der Waals surface area contributed by atoms with Gasteiger partial charge in [0.25, 0.3) is 5.91 Å². The van der Waals surface area contributed by atoms with E-state index in [4.69, 9.17) is 11.6 Å². The maximum absolute atomic E-state index is 12.9. The van der Waals surface area contributed by atoms with E-state index >= 15 is 0 Å². The van der Waals surface area contributed by atoms with E-state index in [0.29, 0.717) is 17.3 Å². The molecule has 3 aromatic rings. The van der Waals surface area contributed by atoms with E-state index < -0.39 is 10.9 Å². The Hall–Kier alpha value is -2.63. The number of aromatic amines is 1. The Labute approximate surface area is 158 Å². The van der Waals surface area contributed by atoms with Crippen molar-refractivity contribution in [2.24, 2.45) is 0 Å². The predicted molar refractivity (Wildman–Crippen MR) is 108 cm³/mol. The molecule has 0 saturated heterocycles. The van der Waals surface area contributed by atoms with Crippen molar-refractivity contribution in [2.45, 2.75) is 11.4 Å². The van der Waals surface area contributed by atoms with Crippen molar-refractivity contribution in [3.05, 3.63) is 81.7 Å². The molecule has 0 radical (unpaired) electrons. The number of thiol groups is 1. The molecule has 0 aliphatic carbocycles. The minimum Gasteiger partial charge on any atom is -0.508 e. The minimum atomic E-state index is -0.691. The molecule has 1 aromatic heterocycles. The van der Waals surface area contributed by atoms with Crippen molar-refractivity contribution < 1.29 is 9.90 Å². The van der Waals surface area contributed by atoms with Gasteiger partial charge in [-0.2, -0.15) is 10.9 Å². The van der Waals surface area contributed by atoms with E-state index in [9.17, 15) is 9.90 Å². The molecule has 2 heterocycles. The zero-order valence-electron chi connectivity index (χ0n) is 13.7. The topological polar surface area (TPSA) is 65.1 Å². The first-order chi connectivity index (χ1) is 12.6. The van der Waals surface area contributed by atoms with Gasteiger partial charge < -0.3 is 15.4 Å². The molecule has 4 rings (SSSR count). The molecule has 0 saturated carbocycles. The number of phenolic OH excluding ortho intramolecular Hbond substituents is 1. The lowest BCUT2D eigenvalue weighted by Crippen LogP contribution is -2.23. The van der Waals surface area contributed by atoms with Crippen LogP contribution in [0.3, 0.4) is 0 Å². The summed E-state index contributed by atoms with van der Waals surface area (Å²) in [6.07, 6.45) is 4.01. The Balaban J connectivity index is 1.68. The Morgan fingerprint density at radius 2 is 1.96 bits per heavy atom. The number of aromatic nitrogens is 1. The number of amides is 1. The smallest absolute Gasteiger partial charge is 0.269 e. The van der Waals surface area contributed by atoms with Gasteiger partial charge in [-0.3, -0.25) is 4.79 Å². The monoisotopic (exact) mass is 384 g/mol. The molecule has 1 aliphatic rings. The van der Waals surface area contributed by atoms with Crippen LogP contribution in [-0.4, -0.2) is 16.0 Å². The second-order valence-corrected chi connectivity index (χ2v) is 8.28. The number of H-pyrrole nitrogens is 1. The predicted octanol–water partition coefficient (Wildman–Crippen LogP) is 4.86. The molecule has 1 aliphatic heterocycles. The fraction of sp³-hybridized carbons (Fsp3) is 0.0500. The summed E-state index contributed by atoms with van der Waals surface area (Å²) in [5, 5.41) is 18.3. The van der Waals surface area contributed by atoms with Gasteiger partial charge in [0.15, 0.2) is 0 Å². The van der Waals surface area contributed by atoms with Gasteiger partial charge in [0.2, 0.25) is 0 Å². The van der Waals surface area contributed by atoms with Gasteiger partial charge in [-0.1, -0.05) is 35.9 Å². The van der Waals surface area contributed by atoms with Gasteiger partial charge in [0.05, 0.1) is 0 Å². The quantitative estimate of drug-likeness (QED) is 0.485. The summed E-state index contributed by atoms with van der Waals surface area (Å²) in [6, 6.07) is 12.5. The largest absolute Gasteiger partial charge is 0.508 e. The second-order valence-electron chi connectivity index (χ2n) is 5.98. The zero-order chi connectivity index (χ0) is 18.1. The van der Waals surface area contributed by atoms with Gasteiger partial charge in [-0.05, 0) is 46.7 Å². The number of allylic oxidation sites excluding steroid dienone is 2. The lowest BCUT2D eigenvalue weighted by atomic mass is 10.2. The van der Waals surface area contributed by atoms with E-state index in [-0.39, 0.29) is 11.7 Å². The Morgan fingerprint density at radius 1 is 1.15 bits per heavy atom. The number of nitrogens with one attached hydrogen (secondary N) is 2. The summed E-state index contributed by atoms with van der Waals surface area (Å²) in [6.45, 7) is 0.340. The molecule has 0 spiro atoms. The number of halogens is 1. The Bertz CT molecular complexity index is 1040. The minimum absolute atomic E-state index is 0.174. The van der Waals surface area contributed by atoms with Gasteiger partial charge in [0, 0.05) is 27.4 Å². The molecule has 0 bridgehead atoms. The van der Waals surface area contributed by atoms with Crippen LogP contribution in [0.2, 0.25) is 5.02 Å². The third-order valence-electron chi connectivity index (χ3n) is 4.19. The number of hydrogen-bond donors (Lipinski definition) is 4. The van der Waals surface area contributed by atoms with Crippen molar-refractivity contribution in [2.75, 3.05) is 0 Å². The molecule has 0 unspecified atom stereocenters. The first-order valence-corrected chi connectivity index (χ1v) is 9.98. The average Bonchev–Trinajstić information content (AvgIpc) is 3.26. The summed E-state index contributed by atoms with van der Waals surface area (Å²) < 4.78 is 0. The molecular formula is C20H17ClN2O2S. The van der Waals surface area contributed by atoms with Crippen molar-refractivity contribution in [3.63, 3.8) is 0 Å². The van der Waals surface area contributed by atoms with Crippen LogP contribution in [0.4, 0.5) is 0 Å². The molecule has 1 amide bonds. The number of rotatable bonds is 4. The van der Waals surface area contributed by atoms with Crippen LogP contribution in [-0.2, 0) is 6.54 Å². The summed E-state index contributed by atoms with van der Waals surface area (Å²) in [5.74, 6) is 0.00856. The number of phenols is 1. The highest BCUT2D eigenvalue weighted by atomic mass is 35.5. The molecule has 6 heteroatoms. The summed E-state index contributed by atoms with van der Waals surface area (Å²) in [7, 11) is -0.691. The highest BCUT2D eigenvalue weighted by Gasteiger charge is 2.21. The van der Waals surface area contributed by atoms with Crippen molar-refractivity contribution in [3.8, 4) is 5.75 Å². The lowest BCUT2D eigenvalue weighted by molar-refractivity contribution is 0.0943. The van der Waals surface area contributed by atoms with Crippen molar-refractivity contribution >= 4 is 39.3 Å². The van der Waals surface area contributed by atoms with Crippen molar-refractivity contribution in [1.82, 2.24) is 10.3 Å². The van der Waals surface area contributed by atoms with Gasteiger partial charge in [0.1, 0.15) is 11.4 Å². The summed E-state index contributed by atoms with van der Waals surface area (Å²) in [5.41, 5.74) is 2.29. The van der Waals surface area contributed by atoms with Crippen LogP contribution < -0.4 is 5.32 Å². The van der Waals surface area contributed by atoms with E-state index in [0.717, 1.165) is 21.4 Å². The molecule has 26 heavy (non-hydrogen) atoms. The standard InChI is InChI=1S/C20H17ClN2O2S/c21-14-6-7-17-16(11-14)19(26-8-1-2-9-26)18(23-17)20(25)22-12-13-4-3-5-15(24)10-13/h1-11,23-24,26H,12H2,(H,22,25). The SMILES string of the molecule is O=C(NCc1cccc(O)c1)c1[nH]c2ccc(Cl)cc2c1[SH]1C=CC=C1. The number of hydrogen-bond acceptors (Lipinski definition) is 2. The van der Waals surface area contributed by atoms with Crippen LogP contribution >= 0.6 is 22.5 Å². The van der Waals surface area contributed by atoms with Gasteiger partial charge in [-0.25, -0.2) is 0 Å². The molecule has 3 N–H and O–H groups in total. The third-order valence-corrected chi connectivity index (χ3v) is 6.39. The highest BCUT2D eigenvalue weighted by Crippen LogP contribution is 2.48. The maximum atomic E-state index is 12.9. The van der Waals surface area contributed by atoms with Crippen LogP contribution in [0.25, 0.3) is 10.9 Å². The normalized spacial score (nSPS) is 14.3. The first kappa shape index (κ1) is 16.8. The fourth-order valence-electron chi connectivity index (χ4n) is 3.00. The second kappa shape index (κ2) is 6.94. The number of carbonyl (C=O) groups excluding carboxylic acids is 1. The van der Waals surface area contributed by atoms with E-state index in [1.807, 2.05) is 36.4 Å². The van der Waals surface area contributed by atoms with Crippen molar-refractivity contribution in [1.29, 1.82) is 0 Å². The van der Waals surface area contributed by atoms with Crippen LogP contribution in [0, 0.1) is 0 Å². The number of aromatic hydroxyl groups is 1. The number of carbonyl (C=O) groups is 1. The molecule has 132 valence electrons. The summed E-state index contributed by atoms with van der Waals surface area (Å²) in [4.78, 5) is 17.1. The van der Waals surface area contributed by atoms with Crippen LogP contribution in [0.1, 0.15) is 16.1 Å². The fourth-order valence-corrected chi connectivity index (χ4v) is 5.02. The van der Waals surface area contributed by atoms with E-state index in [2.05, 4.69) is 21.1 Å². The Morgan fingerprint density at radius 3 is 2.73 bits per heavy atom. The maximum Gasteiger partial charge on any atom is 0.269 e. The van der Waals surface area contributed by atoms with E-state index in [1.54, 1.807) is 18.2 Å². The molecule has 0 fully saturated rings. The lowest BCUT2D eigenvalue weighted by Gasteiger charge is -2.13. The van der Waals surface area contributed by atoms with Crippen LogP contribution in [0.5, 0.6) is 5.75 Å². The zero-order valence-corrected chi connectivity index (χ0v) is 15.4. The molecule has 4 nitrogen and oxygen atoms in total. The highest BCUT2D eigenvalue weighted by molar-refractivity contribution is 8.22. The molecular weight excluding hydrogens is 368 g/mol. The average molecular weight is 385 g/mol. The number of benzene rings is 2. The summed E-state index contributed by atoms with van der Waals surface area (Å²) >= 11 is 6.18. The third kappa shape index (κ3) is 3.23. The first-order valence-electron chi connectivity index (χ1n) is 8.12. The van der Waals surface area contributed by atoms with E-state index in [1.165, 1.54) is 0 Å². The van der Waals surface area contributed by atoms with Crippen LogP contribution in [0.15, 0.2) is 70.3 Å².